The van der Waals surface area contributed by atoms with Crippen LogP contribution < -0.4 is 10.6 Å². The van der Waals surface area contributed by atoms with E-state index in [1.807, 2.05) is 49.4 Å². The second kappa shape index (κ2) is 6.05. The van der Waals surface area contributed by atoms with Gasteiger partial charge in [-0.05, 0) is 30.2 Å². The maximum atomic E-state index is 12.4. The summed E-state index contributed by atoms with van der Waals surface area (Å²) in [4.78, 5) is 23.9. The molecular formula is C19H18N4O2. The van der Waals surface area contributed by atoms with Gasteiger partial charge in [-0.15, -0.1) is 0 Å². The molecule has 0 radical (unpaired) electrons. The normalized spacial score (nSPS) is 14.2. The van der Waals surface area contributed by atoms with Crippen molar-refractivity contribution < 1.29 is 9.59 Å². The minimum atomic E-state index is -0.136. The Morgan fingerprint density at radius 2 is 2.12 bits per heavy atom. The largest absolute Gasteiger partial charge is 0.349 e. The molecule has 1 unspecified atom stereocenters. The Kier molecular flexibility index (Phi) is 3.72. The number of para-hydroxylation sites is 1. The number of carbonyl (C=O) groups excluding carboxylic acids is 2. The number of carbonyl (C=O) groups is 2. The number of hydrogen-bond donors (Lipinski definition) is 3. The SMILES string of the molecule is CC(NC(=O)Cc1[nH]nc2ccccc12)c1ccc2c(c1)CC(=O)N2. The molecule has 126 valence electrons. The Balaban J connectivity index is 1.46. The number of aromatic amines is 1. The van der Waals surface area contributed by atoms with E-state index in [4.69, 9.17) is 0 Å². The molecule has 3 aromatic rings. The van der Waals surface area contributed by atoms with Gasteiger partial charge in [0.1, 0.15) is 0 Å². The molecular weight excluding hydrogens is 316 g/mol. The van der Waals surface area contributed by atoms with Crippen molar-refractivity contribution in [3.8, 4) is 0 Å². The summed E-state index contributed by atoms with van der Waals surface area (Å²) >= 11 is 0. The third-order valence-corrected chi connectivity index (χ3v) is 4.51. The highest BCUT2D eigenvalue weighted by Gasteiger charge is 2.19. The first kappa shape index (κ1) is 15.4. The van der Waals surface area contributed by atoms with Crippen LogP contribution in [0, 0.1) is 0 Å². The molecule has 0 bridgehead atoms. The number of aromatic nitrogens is 2. The Hall–Kier alpha value is -3.15. The van der Waals surface area contributed by atoms with Gasteiger partial charge in [-0.2, -0.15) is 5.10 Å². The molecule has 0 spiro atoms. The lowest BCUT2D eigenvalue weighted by Gasteiger charge is -2.15. The number of nitrogens with zero attached hydrogens (tertiary/aromatic N) is 1. The number of hydrogen-bond acceptors (Lipinski definition) is 3. The van der Waals surface area contributed by atoms with Crippen LogP contribution in [0.5, 0.6) is 0 Å². The van der Waals surface area contributed by atoms with Gasteiger partial charge in [0.25, 0.3) is 0 Å². The monoisotopic (exact) mass is 334 g/mol. The fourth-order valence-corrected chi connectivity index (χ4v) is 3.20. The van der Waals surface area contributed by atoms with Crippen molar-refractivity contribution in [2.45, 2.75) is 25.8 Å². The predicted molar refractivity (Wildman–Crippen MR) is 95.1 cm³/mol. The highest BCUT2D eigenvalue weighted by molar-refractivity contribution is 5.99. The molecule has 0 aliphatic carbocycles. The van der Waals surface area contributed by atoms with E-state index in [9.17, 15) is 9.59 Å². The lowest BCUT2D eigenvalue weighted by molar-refractivity contribution is -0.121. The summed E-state index contributed by atoms with van der Waals surface area (Å²) in [7, 11) is 0. The number of nitrogens with one attached hydrogen (secondary N) is 3. The van der Waals surface area contributed by atoms with E-state index >= 15 is 0 Å². The van der Waals surface area contributed by atoms with Crippen LogP contribution in [-0.2, 0) is 22.4 Å². The van der Waals surface area contributed by atoms with Crippen LogP contribution in [0.25, 0.3) is 10.9 Å². The molecule has 25 heavy (non-hydrogen) atoms. The van der Waals surface area contributed by atoms with Crippen LogP contribution >= 0.6 is 0 Å². The van der Waals surface area contributed by atoms with Crippen LogP contribution in [0.1, 0.15) is 29.8 Å². The summed E-state index contributed by atoms with van der Waals surface area (Å²) in [6.45, 7) is 1.94. The molecule has 0 saturated carbocycles. The third-order valence-electron chi connectivity index (χ3n) is 4.51. The first-order valence-corrected chi connectivity index (χ1v) is 8.24. The Morgan fingerprint density at radius 3 is 3.00 bits per heavy atom. The first-order chi connectivity index (χ1) is 12.1. The van der Waals surface area contributed by atoms with E-state index in [1.54, 1.807) is 0 Å². The van der Waals surface area contributed by atoms with Gasteiger partial charge >= 0.3 is 0 Å². The van der Waals surface area contributed by atoms with Crippen LogP contribution in [0.2, 0.25) is 0 Å². The maximum Gasteiger partial charge on any atom is 0.228 e. The highest BCUT2D eigenvalue weighted by atomic mass is 16.2. The van der Waals surface area contributed by atoms with Crippen molar-refractivity contribution in [2.75, 3.05) is 5.32 Å². The molecule has 1 atom stereocenters. The number of benzene rings is 2. The quantitative estimate of drug-likeness (QED) is 0.685. The molecule has 2 amide bonds. The second-order valence-electron chi connectivity index (χ2n) is 6.33. The van der Waals surface area contributed by atoms with Crippen LogP contribution in [-0.4, -0.2) is 22.0 Å². The Labute approximate surface area is 144 Å². The number of anilines is 1. The van der Waals surface area contributed by atoms with E-state index in [-0.39, 0.29) is 24.3 Å². The van der Waals surface area contributed by atoms with Gasteiger partial charge in [0.05, 0.1) is 30.1 Å². The summed E-state index contributed by atoms with van der Waals surface area (Å²) in [6.07, 6.45) is 0.639. The number of amides is 2. The van der Waals surface area contributed by atoms with Gasteiger partial charge < -0.3 is 10.6 Å². The third kappa shape index (κ3) is 2.98. The van der Waals surface area contributed by atoms with Crippen molar-refractivity contribution in [3.05, 3.63) is 59.3 Å². The smallest absolute Gasteiger partial charge is 0.228 e. The van der Waals surface area contributed by atoms with E-state index in [1.165, 1.54) is 0 Å². The average Bonchev–Trinajstić information content (AvgIpc) is 3.16. The van der Waals surface area contributed by atoms with Crippen LogP contribution in [0.4, 0.5) is 5.69 Å². The van der Waals surface area contributed by atoms with Gasteiger partial charge in [-0.25, -0.2) is 0 Å². The molecule has 1 aliphatic heterocycles. The lowest BCUT2D eigenvalue weighted by atomic mass is 10.0. The zero-order valence-corrected chi connectivity index (χ0v) is 13.8. The second-order valence-corrected chi connectivity index (χ2v) is 6.33. The fourth-order valence-electron chi connectivity index (χ4n) is 3.20. The van der Waals surface area contributed by atoms with E-state index in [0.717, 1.165) is 33.4 Å². The summed E-state index contributed by atoms with van der Waals surface area (Å²) < 4.78 is 0. The zero-order chi connectivity index (χ0) is 17.4. The first-order valence-electron chi connectivity index (χ1n) is 8.24. The Morgan fingerprint density at radius 1 is 1.28 bits per heavy atom. The van der Waals surface area contributed by atoms with Crippen LogP contribution in [0.15, 0.2) is 42.5 Å². The molecule has 2 heterocycles. The fraction of sp³-hybridized carbons (Fsp3) is 0.211. The van der Waals surface area contributed by atoms with E-state index in [2.05, 4.69) is 20.8 Å². The minimum absolute atomic E-state index is 0.00922. The van der Waals surface area contributed by atoms with Crippen molar-refractivity contribution in [2.24, 2.45) is 0 Å². The van der Waals surface area contributed by atoms with Crippen molar-refractivity contribution in [1.82, 2.24) is 15.5 Å². The summed E-state index contributed by atoms with van der Waals surface area (Å²) in [5.41, 5.74) is 4.48. The average molecular weight is 334 g/mol. The molecule has 6 heteroatoms. The molecule has 3 N–H and O–H groups in total. The number of fused-ring (bicyclic) bond motifs is 2. The summed E-state index contributed by atoms with van der Waals surface area (Å²) in [5, 5.41) is 13.9. The molecule has 2 aromatic carbocycles. The molecule has 4 rings (SSSR count). The summed E-state index contributed by atoms with van der Waals surface area (Å²) in [5.74, 6) is -0.0634. The topological polar surface area (TPSA) is 86.9 Å². The molecule has 6 nitrogen and oxygen atoms in total. The molecule has 0 fully saturated rings. The van der Waals surface area contributed by atoms with E-state index < -0.39 is 0 Å². The molecule has 1 aliphatic rings. The van der Waals surface area contributed by atoms with Crippen molar-refractivity contribution >= 4 is 28.4 Å². The molecule has 1 aromatic heterocycles. The van der Waals surface area contributed by atoms with Crippen molar-refractivity contribution in [1.29, 1.82) is 0 Å². The van der Waals surface area contributed by atoms with Gasteiger partial charge in [-0.1, -0.05) is 30.3 Å². The van der Waals surface area contributed by atoms with Gasteiger partial charge in [0.2, 0.25) is 11.8 Å². The minimum Gasteiger partial charge on any atom is -0.349 e. The number of rotatable bonds is 4. The summed E-state index contributed by atoms with van der Waals surface area (Å²) in [6, 6.07) is 13.4. The zero-order valence-electron chi connectivity index (χ0n) is 13.8. The van der Waals surface area contributed by atoms with Gasteiger partial charge in [0, 0.05) is 11.1 Å². The Bertz CT molecular complexity index is 976. The van der Waals surface area contributed by atoms with Gasteiger partial charge in [0.15, 0.2) is 0 Å². The predicted octanol–water partition coefficient (Wildman–Crippen LogP) is 2.48. The van der Waals surface area contributed by atoms with Gasteiger partial charge in [-0.3, -0.25) is 14.7 Å². The maximum absolute atomic E-state index is 12.4. The standard InChI is InChI=1S/C19H18N4O2/c1-11(12-6-7-15-13(8-12)9-18(24)21-15)20-19(25)10-17-14-4-2-3-5-16(14)22-23-17/h2-8,11H,9-10H2,1H3,(H,20,25)(H,21,24)(H,22,23). The molecule has 0 saturated heterocycles. The van der Waals surface area contributed by atoms with Crippen molar-refractivity contribution in [3.63, 3.8) is 0 Å². The van der Waals surface area contributed by atoms with Crippen LogP contribution in [0.3, 0.4) is 0 Å². The van der Waals surface area contributed by atoms with E-state index in [0.29, 0.717) is 6.42 Å². The number of H-pyrrole nitrogens is 1. The lowest BCUT2D eigenvalue weighted by Crippen LogP contribution is -2.28. The highest BCUT2D eigenvalue weighted by Crippen LogP contribution is 2.26.